The van der Waals surface area contributed by atoms with Crippen molar-refractivity contribution in [1.82, 2.24) is 5.32 Å². The summed E-state index contributed by atoms with van der Waals surface area (Å²) in [4.78, 5) is 12.0. The molecule has 0 aromatic carbocycles. The van der Waals surface area contributed by atoms with E-state index in [0.717, 1.165) is 25.4 Å². The van der Waals surface area contributed by atoms with Crippen LogP contribution in [-0.2, 0) is 4.79 Å². The monoisotopic (exact) mass is 195 g/mol. The molecule has 1 aliphatic carbocycles. The molecule has 2 aliphatic rings. The molecule has 1 heterocycles. The fourth-order valence-corrected chi connectivity index (χ4v) is 2.74. The highest BCUT2D eigenvalue weighted by Crippen LogP contribution is 2.33. The normalized spacial score (nSPS) is 33.8. The lowest BCUT2D eigenvalue weighted by Gasteiger charge is -2.33. The summed E-state index contributed by atoms with van der Waals surface area (Å²) in [5.74, 6) is 2.14. The summed E-state index contributed by atoms with van der Waals surface area (Å²) < 4.78 is 0. The lowest BCUT2D eigenvalue weighted by molar-refractivity contribution is -0.129. The first kappa shape index (κ1) is 10.2. The zero-order valence-electron chi connectivity index (χ0n) is 9.09. The lowest BCUT2D eigenvalue weighted by atomic mass is 9.75. The third kappa shape index (κ3) is 2.00. The molecule has 2 atom stereocenters. The van der Waals surface area contributed by atoms with Crippen LogP contribution in [0.5, 0.6) is 0 Å². The van der Waals surface area contributed by atoms with E-state index >= 15 is 0 Å². The third-order valence-corrected chi connectivity index (χ3v) is 3.95. The second-order valence-corrected chi connectivity index (χ2v) is 4.90. The molecule has 80 valence electrons. The van der Waals surface area contributed by atoms with Crippen LogP contribution in [0, 0.1) is 17.8 Å². The molecular weight excluding hydrogens is 174 g/mol. The molecular formula is C12H21NO. The molecule has 0 aromatic rings. The molecule has 0 spiro atoms. The van der Waals surface area contributed by atoms with Gasteiger partial charge in [-0.25, -0.2) is 0 Å². The topological polar surface area (TPSA) is 29.1 Å². The number of carbonyl (C=O) groups excluding carboxylic acids is 1. The average Bonchev–Trinajstić information content (AvgIpc) is 2.15. The van der Waals surface area contributed by atoms with Crippen LogP contribution in [0.3, 0.4) is 0 Å². The van der Waals surface area contributed by atoms with Gasteiger partial charge in [0.2, 0.25) is 0 Å². The number of carbonyl (C=O) groups is 1. The first-order chi connectivity index (χ1) is 6.81. The highest BCUT2D eigenvalue weighted by Gasteiger charge is 2.33. The van der Waals surface area contributed by atoms with Crippen LogP contribution >= 0.6 is 0 Å². The van der Waals surface area contributed by atoms with Gasteiger partial charge in [0.15, 0.2) is 0 Å². The van der Waals surface area contributed by atoms with E-state index in [1.54, 1.807) is 0 Å². The Morgan fingerprint density at radius 1 is 1.29 bits per heavy atom. The number of hydrogen-bond donors (Lipinski definition) is 1. The molecule has 0 bridgehead atoms. The van der Waals surface area contributed by atoms with E-state index < -0.39 is 0 Å². The Hall–Kier alpha value is -0.370. The number of rotatable bonds is 3. The van der Waals surface area contributed by atoms with E-state index in [4.69, 9.17) is 0 Å². The average molecular weight is 195 g/mol. The van der Waals surface area contributed by atoms with Gasteiger partial charge in [0.25, 0.3) is 0 Å². The summed E-state index contributed by atoms with van der Waals surface area (Å²) in [5, 5.41) is 3.19. The maximum Gasteiger partial charge on any atom is 0.141 e. The van der Waals surface area contributed by atoms with Crippen molar-refractivity contribution in [3.8, 4) is 0 Å². The van der Waals surface area contributed by atoms with Crippen LogP contribution in [0.4, 0.5) is 0 Å². The molecule has 1 N–H and O–H groups in total. The van der Waals surface area contributed by atoms with Crippen LogP contribution in [-0.4, -0.2) is 18.9 Å². The molecule has 2 fully saturated rings. The van der Waals surface area contributed by atoms with E-state index in [-0.39, 0.29) is 0 Å². The van der Waals surface area contributed by atoms with Crippen molar-refractivity contribution >= 4 is 5.78 Å². The third-order valence-electron chi connectivity index (χ3n) is 3.95. The maximum absolute atomic E-state index is 12.0. The van der Waals surface area contributed by atoms with E-state index in [9.17, 15) is 4.79 Å². The summed E-state index contributed by atoms with van der Waals surface area (Å²) in [7, 11) is 0. The molecule has 0 amide bonds. The van der Waals surface area contributed by atoms with Gasteiger partial charge < -0.3 is 5.32 Å². The Kier molecular flexibility index (Phi) is 3.22. The molecule has 1 saturated carbocycles. The molecule has 0 radical (unpaired) electrons. The molecule has 2 heteroatoms. The number of hydrogen-bond acceptors (Lipinski definition) is 2. The second kappa shape index (κ2) is 4.43. The van der Waals surface area contributed by atoms with Gasteiger partial charge in [-0.1, -0.05) is 26.2 Å². The van der Waals surface area contributed by atoms with Gasteiger partial charge in [0, 0.05) is 24.9 Å². The molecule has 2 rings (SSSR count). The lowest BCUT2D eigenvalue weighted by Crippen LogP contribution is -2.49. The van der Waals surface area contributed by atoms with E-state index in [1.807, 2.05) is 0 Å². The minimum absolute atomic E-state index is 0.357. The minimum atomic E-state index is 0.357. The fourth-order valence-electron chi connectivity index (χ4n) is 2.74. The summed E-state index contributed by atoms with van der Waals surface area (Å²) in [5.41, 5.74) is 0. The van der Waals surface area contributed by atoms with Gasteiger partial charge in [0.1, 0.15) is 5.78 Å². The molecule has 2 unspecified atom stereocenters. The number of ketones is 1. The predicted octanol–water partition coefficient (Wildman–Crippen LogP) is 1.99. The molecule has 2 nitrogen and oxygen atoms in total. The zero-order valence-corrected chi connectivity index (χ0v) is 9.09. The maximum atomic E-state index is 12.0. The summed E-state index contributed by atoms with van der Waals surface area (Å²) in [6.07, 6.45) is 6.21. The molecule has 1 aliphatic heterocycles. The van der Waals surface area contributed by atoms with Crippen molar-refractivity contribution < 1.29 is 4.79 Å². The summed E-state index contributed by atoms with van der Waals surface area (Å²) in [6, 6.07) is 0. The summed E-state index contributed by atoms with van der Waals surface area (Å²) in [6.45, 7) is 4.13. The highest BCUT2D eigenvalue weighted by atomic mass is 16.1. The largest absolute Gasteiger partial charge is 0.315 e. The van der Waals surface area contributed by atoms with Crippen LogP contribution in [0.15, 0.2) is 0 Å². The van der Waals surface area contributed by atoms with E-state index in [2.05, 4.69) is 12.2 Å². The van der Waals surface area contributed by atoms with Crippen molar-refractivity contribution in [2.75, 3.05) is 13.1 Å². The SMILES string of the molecule is CCC1CCCC(C(=O)C2CNC2)C1. The zero-order chi connectivity index (χ0) is 9.97. The standard InChI is InChI=1S/C12H21NO/c1-2-9-4-3-5-10(6-9)12(14)11-7-13-8-11/h9-11,13H,2-8H2,1H3. The van der Waals surface area contributed by atoms with Crippen molar-refractivity contribution in [1.29, 1.82) is 0 Å². The summed E-state index contributed by atoms with van der Waals surface area (Å²) >= 11 is 0. The molecule has 1 saturated heterocycles. The number of nitrogens with one attached hydrogen (secondary N) is 1. The van der Waals surface area contributed by atoms with Gasteiger partial charge in [-0.3, -0.25) is 4.79 Å². The Balaban J connectivity index is 1.86. The van der Waals surface area contributed by atoms with E-state index in [0.29, 0.717) is 17.6 Å². The molecule has 14 heavy (non-hydrogen) atoms. The van der Waals surface area contributed by atoms with Crippen molar-refractivity contribution in [3.63, 3.8) is 0 Å². The highest BCUT2D eigenvalue weighted by molar-refractivity contribution is 5.84. The van der Waals surface area contributed by atoms with Gasteiger partial charge in [0.05, 0.1) is 0 Å². The Labute approximate surface area is 86.5 Å². The minimum Gasteiger partial charge on any atom is -0.315 e. The number of Topliss-reactive ketones (excluding diaryl/α,β-unsaturated/α-hetero) is 1. The van der Waals surface area contributed by atoms with Crippen molar-refractivity contribution in [3.05, 3.63) is 0 Å². The van der Waals surface area contributed by atoms with Crippen LogP contribution in [0.25, 0.3) is 0 Å². The Bertz CT molecular complexity index is 210. The first-order valence-electron chi connectivity index (χ1n) is 6.05. The molecule has 0 aromatic heterocycles. The quantitative estimate of drug-likeness (QED) is 0.746. The van der Waals surface area contributed by atoms with Crippen molar-refractivity contribution in [2.45, 2.75) is 39.0 Å². The van der Waals surface area contributed by atoms with Crippen LogP contribution in [0.2, 0.25) is 0 Å². The van der Waals surface area contributed by atoms with Gasteiger partial charge >= 0.3 is 0 Å². The fraction of sp³-hybridized carbons (Fsp3) is 0.917. The van der Waals surface area contributed by atoms with Crippen LogP contribution in [0.1, 0.15) is 39.0 Å². The van der Waals surface area contributed by atoms with Gasteiger partial charge in [-0.05, 0) is 18.8 Å². The second-order valence-electron chi connectivity index (χ2n) is 4.90. The van der Waals surface area contributed by atoms with Crippen LogP contribution < -0.4 is 5.32 Å². The van der Waals surface area contributed by atoms with E-state index in [1.165, 1.54) is 25.7 Å². The Morgan fingerprint density at radius 2 is 2.07 bits per heavy atom. The first-order valence-corrected chi connectivity index (χ1v) is 6.05. The Morgan fingerprint density at radius 3 is 2.64 bits per heavy atom. The van der Waals surface area contributed by atoms with Gasteiger partial charge in [-0.15, -0.1) is 0 Å². The smallest absolute Gasteiger partial charge is 0.141 e. The van der Waals surface area contributed by atoms with Crippen molar-refractivity contribution in [2.24, 2.45) is 17.8 Å². The van der Waals surface area contributed by atoms with Gasteiger partial charge in [-0.2, -0.15) is 0 Å². The predicted molar refractivity (Wildman–Crippen MR) is 57.1 cm³/mol.